The van der Waals surface area contributed by atoms with Crippen molar-refractivity contribution in [1.29, 1.82) is 0 Å². The van der Waals surface area contributed by atoms with Crippen LogP contribution in [0.5, 0.6) is 0 Å². The molecule has 3 aromatic rings. The third kappa shape index (κ3) is 6.01. The second kappa shape index (κ2) is 10.5. The molecule has 1 N–H and O–H groups in total. The van der Waals surface area contributed by atoms with E-state index < -0.39 is 0 Å². The number of likely N-dealkylation sites (tertiary alicyclic amines) is 1. The van der Waals surface area contributed by atoms with Gasteiger partial charge < -0.3 is 10.2 Å². The van der Waals surface area contributed by atoms with Crippen molar-refractivity contribution in [3.8, 4) is 10.6 Å². The van der Waals surface area contributed by atoms with Gasteiger partial charge in [-0.15, -0.1) is 11.3 Å². The third-order valence-corrected chi connectivity index (χ3v) is 7.47. The summed E-state index contributed by atoms with van der Waals surface area (Å²) in [6.07, 6.45) is 2.15. The van der Waals surface area contributed by atoms with Crippen molar-refractivity contribution in [3.63, 3.8) is 0 Å². The van der Waals surface area contributed by atoms with Crippen LogP contribution in [-0.2, 0) is 11.3 Å². The SMILES string of the molecule is Cc1ccc(-c2nc(C)c(C(=O)N3CCC(CC(=O)NCc4cccc(Cl)c4)CC3)s2)cc1. The molecular formula is C26H28ClN3O2S. The Labute approximate surface area is 203 Å². The molecule has 1 aliphatic rings. The molecule has 33 heavy (non-hydrogen) atoms. The zero-order valence-electron chi connectivity index (χ0n) is 18.9. The van der Waals surface area contributed by atoms with E-state index in [1.54, 1.807) is 0 Å². The highest BCUT2D eigenvalue weighted by atomic mass is 35.5. The molecule has 2 aromatic carbocycles. The zero-order chi connectivity index (χ0) is 23.4. The lowest BCUT2D eigenvalue weighted by molar-refractivity contribution is -0.122. The maximum absolute atomic E-state index is 13.1. The first kappa shape index (κ1) is 23.5. The van der Waals surface area contributed by atoms with Crippen molar-refractivity contribution in [1.82, 2.24) is 15.2 Å². The molecule has 5 nitrogen and oxygen atoms in total. The zero-order valence-corrected chi connectivity index (χ0v) is 20.5. The Morgan fingerprint density at radius 2 is 1.85 bits per heavy atom. The number of hydrogen-bond acceptors (Lipinski definition) is 4. The van der Waals surface area contributed by atoms with Gasteiger partial charge in [0, 0.05) is 36.6 Å². The highest BCUT2D eigenvalue weighted by Gasteiger charge is 2.27. The summed E-state index contributed by atoms with van der Waals surface area (Å²) in [5.74, 6) is 0.382. The number of aryl methyl sites for hydroxylation is 2. The molecule has 1 fully saturated rings. The number of hydrogen-bond donors (Lipinski definition) is 1. The summed E-state index contributed by atoms with van der Waals surface area (Å²) in [7, 11) is 0. The van der Waals surface area contributed by atoms with Gasteiger partial charge in [0.25, 0.3) is 5.91 Å². The first-order chi connectivity index (χ1) is 15.9. The number of rotatable bonds is 6. The second-order valence-electron chi connectivity index (χ2n) is 8.65. The number of thiazole rings is 1. The fraction of sp³-hybridized carbons (Fsp3) is 0.346. The van der Waals surface area contributed by atoms with Crippen LogP contribution in [0.2, 0.25) is 5.02 Å². The monoisotopic (exact) mass is 481 g/mol. The van der Waals surface area contributed by atoms with Gasteiger partial charge in [0.15, 0.2) is 0 Å². The molecule has 1 saturated heterocycles. The Bertz CT molecular complexity index is 1130. The quantitative estimate of drug-likeness (QED) is 0.495. The number of amides is 2. The maximum Gasteiger partial charge on any atom is 0.265 e. The van der Waals surface area contributed by atoms with Crippen LogP contribution in [0.1, 0.15) is 45.8 Å². The van der Waals surface area contributed by atoms with E-state index >= 15 is 0 Å². The number of benzene rings is 2. The molecule has 0 unspecified atom stereocenters. The van der Waals surface area contributed by atoms with Crippen LogP contribution < -0.4 is 5.32 Å². The Morgan fingerprint density at radius 1 is 1.12 bits per heavy atom. The minimum atomic E-state index is 0.0424. The molecule has 7 heteroatoms. The fourth-order valence-corrected chi connectivity index (χ4v) is 5.33. The van der Waals surface area contributed by atoms with Crippen LogP contribution in [0.25, 0.3) is 10.6 Å². The van der Waals surface area contributed by atoms with Crippen molar-refractivity contribution in [2.45, 2.75) is 39.7 Å². The fourth-order valence-electron chi connectivity index (χ4n) is 4.08. The van der Waals surface area contributed by atoms with Crippen LogP contribution in [0, 0.1) is 19.8 Å². The Morgan fingerprint density at radius 3 is 2.55 bits per heavy atom. The summed E-state index contributed by atoms with van der Waals surface area (Å²) in [4.78, 5) is 32.8. The largest absolute Gasteiger partial charge is 0.352 e. The number of aromatic nitrogens is 1. The highest BCUT2D eigenvalue weighted by Crippen LogP contribution is 2.30. The summed E-state index contributed by atoms with van der Waals surface area (Å²) in [5.41, 5.74) is 4.00. The lowest BCUT2D eigenvalue weighted by atomic mass is 9.93. The summed E-state index contributed by atoms with van der Waals surface area (Å²) in [5, 5.41) is 4.52. The summed E-state index contributed by atoms with van der Waals surface area (Å²) >= 11 is 7.46. The molecule has 1 aliphatic heterocycles. The first-order valence-electron chi connectivity index (χ1n) is 11.2. The van der Waals surface area contributed by atoms with Crippen molar-refractivity contribution in [2.24, 2.45) is 5.92 Å². The second-order valence-corrected chi connectivity index (χ2v) is 10.1. The number of carbonyl (C=O) groups is 2. The summed E-state index contributed by atoms with van der Waals surface area (Å²) < 4.78 is 0. The van der Waals surface area contributed by atoms with Gasteiger partial charge in [0.05, 0.1) is 5.69 Å². The van der Waals surface area contributed by atoms with Crippen LogP contribution in [0.15, 0.2) is 48.5 Å². The topological polar surface area (TPSA) is 62.3 Å². The van der Waals surface area contributed by atoms with E-state index in [1.165, 1.54) is 16.9 Å². The van der Waals surface area contributed by atoms with Gasteiger partial charge in [-0.3, -0.25) is 9.59 Å². The molecule has 0 atom stereocenters. The van der Waals surface area contributed by atoms with Gasteiger partial charge in [-0.25, -0.2) is 4.98 Å². The number of nitrogens with one attached hydrogen (secondary N) is 1. The van der Waals surface area contributed by atoms with E-state index in [2.05, 4.69) is 29.4 Å². The minimum Gasteiger partial charge on any atom is -0.352 e. The number of carbonyl (C=O) groups excluding carboxylic acids is 2. The molecule has 0 saturated carbocycles. The van der Waals surface area contributed by atoms with E-state index in [0.29, 0.717) is 41.9 Å². The molecule has 0 aliphatic carbocycles. The lowest BCUT2D eigenvalue weighted by Gasteiger charge is -2.31. The molecule has 0 bridgehead atoms. The highest BCUT2D eigenvalue weighted by molar-refractivity contribution is 7.17. The minimum absolute atomic E-state index is 0.0424. The van der Waals surface area contributed by atoms with Crippen LogP contribution >= 0.6 is 22.9 Å². The molecule has 2 amide bonds. The van der Waals surface area contributed by atoms with E-state index in [1.807, 2.05) is 48.2 Å². The molecular weight excluding hydrogens is 454 g/mol. The Kier molecular flexibility index (Phi) is 7.46. The molecule has 4 rings (SSSR count). The van der Waals surface area contributed by atoms with Gasteiger partial charge in [0.1, 0.15) is 9.88 Å². The average molecular weight is 482 g/mol. The predicted octanol–water partition coefficient (Wildman–Crippen LogP) is 5.64. The smallest absolute Gasteiger partial charge is 0.265 e. The number of piperidine rings is 1. The van der Waals surface area contributed by atoms with E-state index in [4.69, 9.17) is 11.6 Å². The molecule has 0 radical (unpaired) electrons. The number of nitrogens with zero attached hydrogens (tertiary/aromatic N) is 2. The lowest BCUT2D eigenvalue weighted by Crippen LogP contribution is -2.39. The normalized spacial score (nSPS) is 14.3. The average Bonchev–Trinajstić information content (AvgIpc) is 3.20. The standard InChI is InChI=1S/C26H28ClN3O2S/c1-17-6-8-21(9-7-17)25-29-18(2)24(33-25)26(32)30-12-10-19(11-13-30)15-23(31)28-16-20-4-3-5-22(27)14-20/h3-9,14,19H,10-13,15-16H2,1-2H3,(H,28,31). The van der Waals surface area contributed by atoms with Crippen LogP contribution in [0.4, 0.5) is 0 Å². The van der Waals surface area contributed by atoms with Gasteiger partial charge in [-0.1, -0.05) is 53.6 Å². The van der Waals surface area contributed by atoms with Crippen molar-refractivity contribution in [3.05, 3.63) is 75.3 Å². The van der Waals surface area contributed by atoms with Crippen LogP contribution in [0.3, 0.4) is 0 Å². The van der Waals surface area contributed by atoms with Gasteiger partial charge in [-0.05, 0) is 50.3 Å². The van der Waals surface area contributed by atoms with Gasteiger partial charge in [-0.2, -0.15) is 0 Å². The Balaban J connectivity index is 1.28. The molecule has 1 aromatic heterocycles. The maximum atomic E-state index is 13.1. The summed E-state index contributed by atoms with van der Waals surface area (Å²) in [6, 6.07) is 15.7. The van der Waals surface area contributed by atoms with Gasteiger partial charge >= 0.3 is 0 Å². The van der Waals surface area contributed by atoms with E-state index in [9.17, 15) is 9.59 Å². The summed E-state index contributed by atoms with van der Waals surface area (Å²) in [6.45, 7) is 5.77. The van der Waals surface area contributed by atoms with E-state index in [0.717, 1.165) is 34.7 Å². The molecule has 172 valence electrons. The van der Waals surface area contributed by atoms with Crippen molar-refractivity contribution < 1.29 is 9.59 Å². The predicted molar refractivity (Wildman–Crippen MR) is 134 cm³/mol. The molecule has 2 heterocycles. The van der Waals surface area contributed by atoms with Crippen LogP contribution in [-0.4, -0.2) is 34.8 Å². The Hall–Kier alpha value is -2.70. The van der Waals surface area contributed by atoms with E-state index in [-0.39, 0.29) is 11.8 Å². The number of halogens is 1. The molecule has 0 spiro atoms. The van der Waals surface area contributed by atoms with Gasteiger partial charge in [0.2, 0.25) is 5.91 Å². The third-order valence-electron chi connectivity index (χ3n) is 6.04. The van der Waals surface area contributed by atoms with Crippen molar-refractivity contribution >= 4 is 34.8 Å². The van der Waals surface area contributed by atoms with Crippen molar-refractivity contribution in [2.75, 3.05) is 13.1 Å². The first-order valence-corrected chi connectivity index (χ1v) is 12.4.